The van der Waals surface area contributed by atoms with Gasteiger partial charge in [-0.25, -0.2) is 0 Å². The molecule has 0 fully saturated rings. The summed E-state index contributed by atoms with van der Waals surface area (Å²) in [6, 6.07) is 20.1. The first-order valence-corrected chi connectivity index (χ1v) is 11.7. The molecule has 7 heteroatoms. The van der Waals surface area contributed by atoms with Crippen LogP contribution in [0.5, 0.6) is 0 Å². The molecule has 0 bridgehead atoms. The molecule has 33 heavy (non-hydrogen) atoms. The Hall–Kier alpha value is -3.45. The molecule has 170 valence electrons. The number of rotatable bonds is 9. The van der Waals surface area contributed by atoms with E-state index in [9.17, 15) is 14.4 Å². The molecule has 2 atom stereocenters. The molecule has 2 amide bonds. The van der Waals surface area contributed by atoms with E-state index in [1.165, 1.54) is 6.92 Å². The van der Waals surface area contributed by atoms with Crippen molar-refractivity contribution in [1.82, 2.24) is 10.3 Å². The van der Waals surface area contributed by atoms with Crippen molar-refractivity contribution in [2.24, 2.45) is 5.92 Å². The average Bonchev–Trinajstić information content (AvgIpc) is 2.83. The number of carbonyl (C=O) groups is 3. The molecule has 2 unspecified atom stereocenters. The van der Waals surface area contributed by atoms with E-state index in [0.29, 0.717) is 23.4 Å². The lowest BCUT2D eigenvalue weighted by atomic mass is 10.00. The van der Waals surface area contributed by atoms with Gasteiger partial charge in [0.05, 0.1) is 12.0 Å². The largest absolute Gasteiger partial charge is 0.346 e. The zero-order valence-corrected chi connectivity index (χ0v) is 19.5. The molecule has 0 aliphatic heterocycles. The van der Waals surface area contributed by atoms with Crippen LogP contribution >= 0.6 is 11.8 Å². The van der Waals surface area contributed by atoms with Crippen LogP contribution in [-0.2, 0) is 16.0 Å². The number of aromatic nitrogens is 1. The van der Waals surface area contributed by atoms with Crippen LogP contribution in [0.2, 0.25) is 0 Å². The average molecular weight is 462 g/mol. The highest BCUT2D eigenvalue weighted by Crippen LogP contribution is 2.19. The minimum absolute atomic E-state index is 0.0251. The Morgan fingerprint density at radius 1 is 0.970 bits per heavy atom. The maximum atomic E-state index is 13.0. The zero-order valence-electron chi connectivity index (χ0n) is 18.7. The lowest BCUT2D eigenvalue weighted by Crippen LogP contribution is -2.28. The van der Waals surface area contributed by atoms with Crippen molar-refractivity contribution in [2.75, 3.05) is 11.1 Å². The summed E-state index contributed by atoms with van der Waals surface area (Å²) in [7, 11) is 0. The number of nitrogens with one attached hydrogen (secondary N) is 2. The fraction of sp³-hybridized carbons (Fsp3) is 0.231. The van der Waals surface area contributed by atoms with Crippen molar-refractivity contribution >= 4 is 34.4 Å². The summed E-state index contributed by atoms with van der Waals surface area (Å²) in [5.41, 5.74) is 2.97. The molecular formula is C26H27N3O3S. The molecule has 0 saturated heterocycles. The van der Waals surface area contributed by atoms with Crippen molar-refractivity contribution in [3.63, 3.8) is 0 Å². The third-order valence-corrected chi connectivity index (χ3v) is 6.11. The van der Waals surface area contributed by atoms with Crippen LogP contribution in [0.25, 0.3) is 0 Å². The normalized spacial score (nSPS) is 12.4. The van der Waals surface area contributed by atoms with Crippen LogP contribution in [0.15, 0.2) is 79.1 Å². The summed E-state index contributed by atoms with van der Waals surface area (Å²) in [6.45, 7) is 3.40. The van der Waals surface area contributed by atoms with Gasteiger partial charge in [-0.1, -0.05) is 48.2 Å². The number of hydrogen-bond acceptors (Lipinski definition) is 5. The second-order valence-electron chi connectivity index (χ2n) is 7.73. The third kappa shape index (κ3) is 7.57. The van der Waals surface area contributed by atoms with Crippen LogP contribution in [0.3, 0.4) is 0 Å². The van der Waals surface area contributed by atoms with E-state index in [2.05, 4.69) is 15.6 Å². The van der Waals surface area contributed by atoms with E-state index in [4.69, 9.17) is 0 Å². The van der Waals surface area contributed by atoms with Gasteiger partial charge in [0.1, 0.15) is 0 Å². The monoisotopic (exact) mass is 461 g/mol. The lowest BCUT2D eigenvalue weighted by molar-refractivity contribution is -0.119. The Morgan fingerprint density at radius 3 is 2.39 bits per heavy atom. The molecule has 6 nitrogen and oxygen atoms in total. The standard InChI is InChI=1S/C26H27N3O3S/c1-18(21-11-13-27-14-12-21)28-25(31)22-9-6-10-24(16-22)29-26(32)23(17-33-19(2)30)15-20-7-4-3-5-8-20/h3-14,16,18,23H,15,17H2,1-2H3,(H,28,31)(H,29,32). The smallest absolute Gasteiger partial charge is 0.251 e. The van der Waals surface area contributed by atoms with Gasteiger partial charge in [-0.05, 0) is 54.8 Å². The van der Waals surface area contributed by atoms with Crippen molar-refractivity contribution < 1.29 is 14.4 Å². The summed E-state index contributed by atoms with van der Waals surface area (Å²) in [5.74, 6) is -0.413. The first kappa shape index (κ1) is 24.2. The van der Waals surface area contributed by atoms with Crippen molar-refractivity contribution in [3.05, 3.63) is 95.8 Å². The van der Waals surface area contributed by atoms with Crippen molar-refractivity contribution in [1.29, 1.82) is 0 Å². The quantitative estimate of drug-likeness (QED) is 0.484. The highest BCUT2D eigenvalue weighted by atomic mass is 32.2. The van der Waals surface area contributed by atoms with Gasteiger partial charge in [0.2, 0.25) is 5.91 Å². The minimum atomic E-state index is -0.384. The topological polar surface area (TPSA) is 88.2 Å². The molecule has 0 spiro atoms. The third-order valence-electron chi connectivity index (χ3n) is 5.13. The molecule has 3 aromatic rings. The molecule has 0 radical (unpaired) electrons. The number of benzene rings is 2. The Labute approximate surface area is 198 Å². The SMILES string of the molecule is CC(=O)SCC(Cc1ccccc1)C(=O)Nc1cccc(C(=O)NC(C)c2ccncc2)c1. The number of pyridine rings is 1. The van der Waals surface area contributed by atoms with E-state index in [1.807, 2.05) is 49.4 Å². The van der Waals surface area contributed by atoms with Crippen LogP contribution in [0.1, 0.15) is 41.4 Å². The maximum Gasteiger partial charge on any atom is 0.251 e. The van der Waals surface area contributed by atoms with Gasteiger partial charge in [0.25, 0.3) is 5.91 Å². The van der Waals surface area contributed by atoms with E-state index in [1.54, 1.807) is 36.7 Å². The van der Waals surface area contributed by atoms with Gasteiger partial charge < -0.3 is 10.6 Å². The van der Waals surface area contributed by atoms with E-state index in [0.717, 1.165) is 22.9 Å². The number of nitrogens with zero attached hydrogens (tertiary/aromatic N) is 1. The Balaban J connectivity index is 1.68. The summed E-state index contributed by atoms with van der Waals surface area (Å²) in [4.78, 5) is 41.2. The van der Waals surface area contributed by atoms with Gasteiger partial charge in [-0.2, -0.15) is 0 Å². The van der Waals surface area contributed by atoms with E-state index < -0.39 is 0 Å². The zero-order chi connectivity index (χ0) is 23.6. The molecule has 0 aliphatic carbocycles. The van der Waals surface area contributed by atoms with Crippen LogP contribution < -0.4 is 10.6 Å². The fourth-order valence-corrected chi connectivity index (χ4v) is 4.05. The second kappa shape index (κ2) is 12.0. The molecule has 1 heterocycles. The predicted octanol–water partition coefficient (Wildman–Crippen LogP) is 4.65. The van der Waals surface area contributed by atoms with E-state index >= 15 is 0 Å². The predicted molar refractivity (Wildman–Crippen MR) is 132 cm³/mol. The maximum absolute atomic E-state index is 13.0. The molecule has 0 aliphatic rings. The number of anilines is 1. The van der Waals surface area contributed by atoms with Gasteiger partial charge in [0, 0.05) is 36.3 Å². The Morgan fingerprint density at radius 2 is 1.70 bits per heavy atom. The van der Waals surface area contributed by atoms with E-state index in [-0.39, 0.29) is 28.9 Å². The first-order valence-electron chi connectivity index (χ1n) is 10.7. The molecule has 3 rings (SSSR count). The molecule has 2 N–H and O–H groups in total. The fourth-order valence-electron chi connectivity index (χ4n) is 3.34. The van der Waals surface area contributed by atoms with Gasteiger partial charge >= 0.3 is 0 Å². The van der Waals surface area contributed by atoms with Crippen LogP contribution in [-0.4, -0.2) is 27.7 Å². The number of carbonyl (C=O) groups excluding carboxylic acids is 3. The van der Waals surface area contributed by atoms with Gasteiger partial charge in [-0.15, -0.1) is 0 Å². The summed E-state index contributed by atoms with van der Waals surface area (Å²) in [6.07, 6.45) is 3.89. The molecular weight excluding hydrogens is 434 g/mol. The number of thioether (sulfide) groups is 1. The second-order valence-corrected chi connectivity index (χ2v) is 8.93. The summed E-state index contributed by atoms with van der Waals surface area (Å²) in [5, 5.41) is 5.85. The summed E-state index contributed by atoms with van der Waals surface area (Å²) >= 11 is 1.14. The Kier molecular flexibility index (Phi) is 8.78. The molecule has 1 aromatic heterocycles. The summed E-state index contributed by atoms with van der Waals surface area (Å²) < 4.78 is 0. The highest BCUT2D eigenvalue weighted by Gasteiger charge is 2.21. The Bertz CT molecular complexity index is 1090. The number of hydrogen-bond donors (Lipinski definition) is 2. The van der Waals surface area contributed by atoms with Crippen LogP contribution in [0.4, 0.5) is 5.69 Å². The van der Waals surface area contributed by atoms with Crippen LogP contribution in [0, 0.1) is 5.92 Å². The highest BCUT2D eigenvalue weighted by molar-refractivity contribution is 8.13. The minimum Gasteiger partial charge on any atom is -0.346 e. The number of amides is 2. The van der Waals surface area contributed by atoms with Crippen molar-refractivity contribution in [3.8, 4) is 0 Å². The van der Waals surface area contributed by atoms with Gasteiger partial charge in [-0.3, -0.25) is 19.4 Å². The molecule has 0 saturated carbocycles. The van der Waals surface area contributed by atoms with Gasteiger partial charge in [0.15, 0.2) is 5.12 Å². The molecule has 2 aromatic carbocycles. The first-order chi connectivity index (χ1) is 15.9. The lowest BCUT2D eigenvalue weighted by Gasteiger charge is -2.17. The van der Waals surface area contributed by atoms with Crippen molar-refractivity contribution in [2.45, 2.75) is 26.3 Å².